The summed E-state index contributed by atoms with van der Waals surface area (Å²) in [6.45, 7) is 0. The van der Waals surface area contributed by atoms with Crippen LogP contribution in [0.2, 0.25) is 0 Å². The van der Waals surface area contributed by atoms with Crippen LogP contribution in [-0.2, 0) is 0 Å². The second-order valence-electron chi connectivity index (χ2n) is 8.73. The maximum atomic E-state index is 10.8. The second kappa shape index (κ2) is 5.52. The molecule has 7 rings (SSSR count). The van der Waals surface area contributed by atoms with Gasteiger partial charge in [-0.2, -0.15) is 0 Å². The summed E-state index contributed by atoms with van der Waals surface area (Å²) in [5.74, 6) is 2.72. The van der Waals surface area contributed by atoms with Crippen LogP contribution in [0.4, 0.5) is 5.82 Å². The van der Waals surface area contributed by atoms with Crippen LogP contribution >= 0.6 is 0 Å². The van der Waals surface area contributed by atoms with E-state index in [4.69, 9.17) is 5.10 Å². The highest BCUT2D eigenvalue weighted by molar-refractivity contribution is 5.63. The molecule has 0 aliphatic heterocycles. The molecular weight excluding hydrogens is 338 g/mol. The van der Waals surface area contributed by atoms with Crippen molar-refractivity contribution in [2.24, 2.45) is 17.8 Å². The van der Waals surface area contributed by atoms with E-state index in [9.17, 15) is 5.11 Å². The molecular formula is C21H23N5O. The highest BCUT2D eigenvalue weighted by atomic mass is 16.3. The Balaban J connectivity index is 1.33. The molecule has 138 valence electrons. The lowest BCUT2D eigenvalue weighted by molar-refractivity contribution is -0.129. The van der Waals surface area contributed by atoms with Gasteiger partial charge >= 0.3 is 0 Å². The SMILES string of the molecule is OC12CC3CC(C1)C(Nc1ccc4ncc(-c5ccncc5)n4n1)C(C3)C2. The monoisotopic (exact) mass is 361 g/mol. The third kappa shape index (κ3) is 2.46. The Morgan fingerprint density at radius 2 is 1.81 bits per heavy atom. The van der Waals surface area contributed by atoms with Crippen LogP contribution in [0, 0.1) is 17.8 Å². The fourth-order valence-corrected chi connectivity index (χ4v) is 6.06. The van der Waals surface area contributed by atoms with Crippen LogP contribution in [-0.4, -0.2) is 36.3 Å². The maximum absolute atomic E-state index is 10.8. The van der Waals surface area contributed by atoms with Crippen LogP contribution in [0.1, 0.15) is 32.1 Å². The van der Waals surface area contributed by atoms with Crippen LogP contribution in [0.3, 0.4) is 0 Å². The number of anilines is 1. The number of nitrogens with zero attached hydrogens (tertiary/aromatic N) is 4. The fourth-order valence-electron chi connectivity index (χ4n) is 6.06. The van der Waals surface area contributed by atoms with Crippen molar-refractivity contribution < 1.29 is 5.11 Å². The highest BCUT2D eigenvalue weighted by Crippen LogP contribution is 2.56. The quantitative estimate of drug-likeness (QED) is 0.750. The first-order valence-electron chi connectivity index (χ1n) is 9.91. The first-order valence-corrected chi connectivity index (χ1v) is 9.91. The average molecular weight is 361 g/mol. The number of rotatable bonds is 3. The van der Waals surface area contributed by atoms with Gasteiger partial charge in [0.15, 0.2) is 5.65 Å². The van der Waals surface area contributed by atoms with Gasteiger partial charge in [-0.15, -0.1) is 5.10 Å². The molecule has 0 saturated heterocycles. The molecule has 0 spiro atoms. The second-order valence-corrected chi connectivity index (χ2v) is 8.73. The molecule has 4 bridgehead atoms. The summed E-state index contributed by atoms with van der Waals surface area (Å²) in [5, 5.41) is 19.4. The first kappa shape index (κ1) is 15.6. The minimum atomic E-state index is -0.398. The van der Waals surface area contributed by atoms with Crippen LogP contribution < -0.4 is 5.32 Å². The number of hydrogen-bond donors (Lipinski definition) is 2. The van der Waals surface area contributed by atoms with Crippen molar-refractivity contribution in [2.45, 2.75) is 43.7 Å². The lowest BCUT2D eigenvalue weighted by Crippen LogP contribution is -2.59. The molecule has 0 radical (unpaired) electrons. The third-order valence-electron chi connectivity index (χ3n) is 6.89. The molecule has 2 N–H and O–H groups in total. The van der Waals surface area contributed by atoms with Crippen molar-refractivity contribution in [3.8, 4) is 11.3 Å². The summed E-state index contributed by atoms with van der Waals surface area (Å²) in [5.41, 5.74) is 2.46. The molecule has 6 nitrogen and oxygen atoms in total. The van der Waals surface area contributed by atoms with Gasteiger partial charge in [-0.05, 0) is 74.1 Å². The predicted octanol–water partition coefficient (Wildman–Crippen LogP) is 3.14. The van der Waals surface area contributed by atoms with Crippen molar-refractivity contribution in [3.63, 3.8) is 0 Å². The van der Waals surface area contributed by atoms with Gasteiger partial charge in [-0.25, -0.2) is 9.50 Å². The van der Waals surface area contributed by atoms with E-state index in [0.717, 1.165) is 42.0 Å². The molecule has 0 aromatic carbocycles. The van der Waals surface area contributed by atoms with Crippen molar-refractivity contribution in [2.75, 3.05) is 5.32 Å². The lowest BCUT2D eigenvalue weighted by atomic mass is 9.52. The van der Waals surface area contributed by atoms with Gasteiger partial charge < -0.3 is 10.4 Å². The molecule has 27 heavy (non-hydrogen) atoms. The van der Waals surface area contributed by atoms with Crippen LogP contribution in [0.5, 0.6) is 0 Å². The van der Waals surface area contributed by atoms with E-state index in [0.29, 0.717) is 23.8 Å². The smallest absolute Gasteiger partial charge is 0.154 e. The third-order valence-corrected chi connectivity index (χ3v) is 6.89. The summed E-state index contributed by atoms with van der Waals surface area (Å²) in [6.07, 6.45) is 10.8. The molecule has 4 fully saturated rings. The van der Waals surface area contributed by atoms with Gasteiger partial charge in [0.1, 0.15) is 5.82 Å². The van der Waals surface area contributed by atoms with E-state index in [1.165, 1.54) is 12.8 Å². The topological polar surface area (TPSA) is 75.3 Å². The van der Waals surface area contributed by atoms with E-state index >= 15 is 0 Å². The van der Waals surface area contributed by atoms with E-state index in [2.05, 4.69) is 15.3 Å². The van der Waals surface area contributed by atoms with Crippen molar-refractivity contribution >= 4 is 11.5 Å². The molecule has 2 unspecified atom stereocenters. The number of hydrogen-bond acceptors (Lipinski definition) is 5. The number of aromatic nitrogens is 4. The number of nitrogens with one attached hydrogen (secondary N) is 1. The zero-order valence-corrected chi connectivity index (χ0v) is 15.1. The minimum absolute atomic E-state index is 0.398. The summed E-state index contributed by atoms with van der Waals surface area (Å²) in [7, 11) is 0. The van der Waals surface area contributed by atoms with Gasteiger partial charge in [0, 0.05) is 24.0 Å². The number of pyridine rings is 1. The summed E-state index contributed by atoms with van der Waals surface area (Å²) < 4.78 is 1.90. The van der Waals surface area contributed by atoms with E-state index < -0.39 is 5.60 Å². The maximum Gasteiger partial charge on any atom is 0.154 e. The Labute approximate surface area is 157 Å². The lowest BCUT2D eigenvalue weighted by Gasteiger charge is -2.58. The van der Waals surface area contributed by atoms with Gasteiger partial charge in [-0.1, -0.05) is 0 Å². The average Bonchev–Trinajstić information content (AvgIpc) is 3.07. The Bertz CT molecular complexity index is 984. The number of fused-ring (bicyclic) bond motifs is 1. The molecule has 4 saturated carbocycles. The Morgan fingerprint density at radius 3 is 2.56 bits per heavy atom. The Kier molecular flexibility index (Phi) is 3.18. The van der Waals surface area contributed by atoms with Gasteiger partial charge in [-0.3, -0.25) is 4.98 Å². The largest absolute Gasteiger partial charge is 0.390 e. The zero-order valence-electron chi connectivity index (χ0n) is 15.1. The highest BCUT2D eigenvalue weighted by Gasteiger charge is 2.54. The van der Waals surface area contributed by atoms with Gasteiger partial charge in [0.25, 0.3) is 0 Å². The molecule has 3 heterocycles. The van der Waals surface area contributed by atoms with E-state index in [1.807, 2.05) is 35.0 Å². The number of aliphatic hydroxyl groups is 1. The molecule has 2 atom stereocenters. The van der Waals surface area contributed by atoms with Crippen molar-refractivity contribution in [1.29, 1.82) is 0 Å². The first-order chi connectivity index (χ1) is 13.2. The minimum Gasteiger partial charge on any atom is -0.390 e. The normalized spacial score (nSPS) is 34.3. The molecule has 0 amide bonds. The van der Waals surface area contributed by atoms with Crippen LogP contribution in [0.25, 0.3) is 16.9 Å². The summed E-state index contributed by atoms with van der Waals surface area (Å²) >= 11 is 0. The van der Waals surface area contributed by atoms with E-state index in [1.54, 1.807) is 12.4 Å². The Hall–Kier alpha value is -2.47. The standard InChI is InChI=1S/C21H23N5O/c27-21-9-13-7-15(10-21)20(16(8-13)11-21)24-18-1-2-19-23-12-17(26(19)25-18)14-3-5-22-6-4-14/h1-6,12-13,15-16,20,27H,7-11H2,(H,24,25). The van der Waals surface area contributed by atoms with Gasteiger partial charge in [0.05, 0.1) is 17.5 Å². The molecule has 4 aliphatic carbocycles. The Morgan fingerprint density at radius 1 is 1.04 bits per heavy atom. The molecule has 6 heteroatoms. The predicted molar refractivity (Wildman–Crippen MR) is 102 cm³/mol. The number of imidazole rings is 1. The summed E-state index contributed by atoms with van der Waals surface area (Å²) in [6, 6.07) is 8.41. The van der Waals surface area contributed by atoms with Crippen LogP contribution in [0.15, 0.2) is 42.9 Å². The van der Waals surface area contributed by atoms with Gasteiger partial charge in [0.2, 0.25) is 0 Å². The zero-order chi connectivity index (χ0) is 18.0. The fraction of sp³-hybridized carbons (Fsp3) is 0.476. The molecule has 4 aliphatic rings. The molecule has 3 aromatic rings. The molecule has 3 aromatic heterocycles. The summed E-state index contributed by atoms with van der Waals surface area (Å²) in [4.78, 5) is 8.58. The van der Waals surface area contributed by atoms with Crippen molar-refractivity contribution in [3.05, 3.63) is 42.9 Å². The van der Waals surface area contributed by atoms with E-state index in [-0.39, 0.29) is 0 Å². The van der Waals surface area contributed by atoms with Crippen molar-refractivity contribution in [1.82, 2.24) is 19.6 Å².